The van der Waals surface area contributed by atoms with Gasteiger partial charge in [0.05, 0.1) is 11.4 Å². The Morgan fingerprint density at radius 3 is 2.53 bits per heavy atom. The van der Waals surface area contributed by atoms with Crippen molar-refractivity contribution in [3.63, 3.8) is 0 Å². The Morgan fingerprint density at radius 1 is 1.21 bits per heavy atom. The van der Waals surface area contributed by atoms with Gasteiger partial charge in [-0.05, 0) is 62.7 Å². The van der Waals surface area contributed by atoms with Gasteiger partial charge in [-0.1, -0.05) is 12.1 Å². The van der Waals surface area contributed by atoms with Crippen molar-refractivity contribution in [3.8, 4) is 11.1 Å². The topological polar surface area (TPSA) is 97.4 Å². The molecule has 3 N–H and O–H groups in total. The maximum atomic E-state index is 14.5. The van der Waals surface area contributed by atoms with Gasteiger partial charge in [-0.3, -0.25) is 4.79 Å². The van der Waals surface area contributed by atoms with E-state index in [2.05, 4.69) is 5.32 Å². The first kappa shape index (κ1) is 25.6. The van der Waals surface area contributed by atoms with Crippen LogP contribution in [0.25, 0.3) is 22.0 Å². The van der Waals surface area contributed by atoms with Crippen LogP contribution in [0.4, 0.5) is 4.39 Å². The lowest BCUT2D eigenvalue weighted by atomic mass is 10.0. The van der Waals surface area contributed by atoms with E-state index in [0.29, 0.717) is 11.1 Å². The molecule has 0 aliphatic heterocycles. The number of carbonyl (C=O) groups excluding carboxylic acids is 1. The summed E-state index contributed by atoms with van der Waals surface area (Å²) in [4.78, 5) is 12.8. The molecule has 0 atom stereocenters. The molecule has 0 fully saturated rings. The summed E-state index contributed by atoms with van der Waals surface area (Å²) in [7, 11) is -0.694. The van der Waals surface area contributed by atoms with E-state index in [1.165, 1.54) is 20.2 Å². The molecule has 9 heteroatoms. The van der Waals surface area contributed by atoms with E-state index in [9.17, 15) is 17.6 Å². The van der Waals surface area contributed by atoms with Crippen molar-refractivity contribution in [3.05, 3.63) is 65.6 Å². The second-order valence-corrected chi connectivity index (χ2v) is 10.8. The molecule has 1 heterocycles. The van der Waals surface area contributed by atoms with E-state index in [1.54, 1.807) is 36.4 Å². The number of halogens is 1. The van der Waals surface area contributed by atoms with E-state index in [0.717, 1.165) is 26.5 Å². The molecule has 7 nitrogen and oxygen atoms in total. The number of benzene rings is 2. The monoisotopic (exact) mass is 486 g/mol. The van der Waals surface area contributed by atoms with Crippen molar-refractivity contribution in [1.82, 2.24) is 14.2 Å². The molecular weight excluding hydrogens is 455 g/mol. The van der Waals surface area contributed by atoms with Crippen molar-refractivity contribution in [2.45, 2.75) is 38.3 Å². The molecule has 0 bridgehead atoms. The normalized spacial score (nSPS) is 12.7. The van der Waals surface area contributed by atoms with Gasteiger partial charge >= 0.3 is 0 Å². The number of carbonyl (C=O) groups is 1. The lowest BCUT2D eigenvalue weighted by molar-refractivity contribution is 0.0943. The summed E-state index contributed by atoms with van der Waals surface area (Å²) in [6.45, 7) is 5.68. The molecule has 2 aromatic carbocycles. The number of aromatic nitrogens is 1. The van der Waals surface area contributed by atoms with Gasteiger partial charge in [-0.2, -0.15) is 0 Å². The molecule has 1 amide bonds. The Bertz CT molecular complexity index is 1360. The third kappa shape index (κ3) is 5.06. The third-order valence-corrected chi connectivity index (χ3v) is 7.37. The summed E-state index contributed by atoms with van der Waals surface area (Å²) in [5.74, 6) is -0.592. The molecule has 3 rings (SSSR count). The van der Waals surface area contributed by atoms with Gasteiger partial charge in [-0.25, -0.2) is 17.1 Å². The van der Waals surface area contributed by atoms with Gasteiger partial charge in [0.2, 0.25) is 10.0 Å². The molecule has 0 saturated carbocycles. The highest BCUT2D eigenvalue weighted by Crippen LogP contribution is 2.37. The Morgan fingerprint density at radius 2 is 1.91 bits per heavy atom. The van der Waals surface area contributed by atoms with Crippen molar-refractivity contribution >= 4 is 26.8 Å². The molecule has 3 aromatic rings. The van der Waals surface area contributed by atoms with Gasteiger partial charge in [0.1, 0.15) is 5.83 Å². The van der Waals surface area contributed by atoms with E-state index >= 15 is 0 Å². The first-order valence-corrected chi connectivity index (χ1v) is 12.4. The first-order chi connectivity index (χ1) is 16.0. The largest absolute Gasteiger partial charge is 0.350 e. The quantitative estimate of drug-likeness (QED) is 0.506. The van der Waals surface area contributed by atoms with Crippen LogP contribution in [0.1, 0.15) is 29.9 Å². The number of hydrogen-bond donors (Lipinski definition) is 2. The number of hydrogen-bond acceptors (Lipinski definition) is 4. The van der Waals surface area contributed by atoms with Crippen LogP contribution in [0.2, 0.25) is 0 Å². The van der Waals surface area contributed by atoms with Crippen LogP contribution in [-0.2, 0) is 16.6 Å². The smallest absolute Gasteiger partial charge is 0.251 e. The van der Waals surface area contributed by atoms with E-state index < -0.39 is 10.0 Å². The number of amides is 1. The van der Waals surface area contributed by atoms with Crippen LogP contribution < -0.4 is 11.1 Å². The average Bonchev–Trinajstić information content (AvgIpc) is 3.04. The van der Waals surface area contributed by atoms with Gasteiger partial charge in [0.15, 0.2) is 0 Å². The van der Waals surface area contributed by atoms with E-state index in [-0.39, 0.29) is 35.8 Å². The molecule has 0 aliphatic carbocycles. The zero-order valence-corrected chi connectivity index (χ0v) is 20.9. The summed E-state index contributed by atoms with van der Waals surface area (Å²) in [5, 5.41) is 3.61. The third-order valence-electron chi connectivity index (χ3n) is 5.56. The van der Waals surface area contributed by atoms with Crippen molar-refractivity contribution in [1.29, 1.82) is 0 Å². The van der Waals surface area contributed by atoms with Crippen LogP contribution in [0, 0.1) is 6.92 Å². The van der Waals surface area contributed by atoms with Gasteiger partial charge in [0.25, 0.3) is 5.91 Å². The van der Waals surface area contributed by atoms with Gasteiger partial charge in [0, 0.05) is 54.4 Å². The van der Waals surface area contributed by atoms with Gasteiger partial charge in [-0.15, -0.1) is 0 Å². The second-order valence-electron chi connectivity index (χ2n) is 8.61. The molecule has 182 valence electrons. The lowest BCUT2D eigenvalue weighted by Crippen LogP contribution is -2.29. The number of sulfonamides is 1. The standard InChI is InChI=1S/C25H31FN4O3S/c1-16(2)28-25(31)19-9-10-23-22(14-19)24(17(3)30(23)15-20(26)11-12-27)18-7-6-8-21(13-18)34(32,33)29(4)5/h6-11,13-14,16H,12,15,27H2,1-5H3,(H,28,31)/b20-11-. The van der Waals surface area contributed by atoms with Crippen LogP contribution in [-0.4, -0.2) is 49.9 Å². The number of nitrogens with one attached hydrogen (secondary N) is 1. The molecule has 0 unspecified atom stereocenters. The average molecular weight is 487 g/mol. The minimum atomic E-state index is -3.65. The number of nitrogens with zero attached hydrogens (tertiary/aromatic N) is 2. The number of nitrogens with two attached hydrogens (primary N) is 1. The molecule has 0 aliphatic rings. The minimum Gasteiger partial charge on any atom is -0.350 e. The molecule has 0 saturated heterocycles. The summed E-state index contributed by atoms with van der Waals surface area (Å²) in [5.41, 5.74) is 8.82. The summed E-state index contributed by atoms with van der Waals surface area (Å²) in [6, 6.07) is 11.9. The van der Waals surface area contributed by atoms with Crippen molar-refractivity contribution < 1.29 is 17.6 Å². The zero-order valence-electron chi connectivity index (χ0n) is 20.1. The summed E-state index contributed by atoms with van der Waals surface area (Å²) in [6.07, 6.45) is 1.32. The zero-order chi connectivity index (χ0) is 25.2. The highest BCUT2D eigenvalue weighted by atomic mass is 32.2. The lowest BCUT2D eigenvalue weighted by Gasteiger charge is -2.13. The number of allylic oxidation sites excluding steroid dienone is 1. The Kier molecular flexibility index (Phi) is 7.60. The molecule has 34 heavy (non-hydrogen) atoms. The Labute approximate surface area is 200 Å². The predicted octanol–water partition coefficient (Wildman–Crippen LogP) is 3.82. The molecule has 0 spiro atoms. The maximum Gasteiger partial charge on any atom is 0.251 e. The molecule has 1 aromatic heterocycles. The summed E-state index contributed by atoms with van der Waals surface area (Å²) < 4.78 is 42.9. The Hall–Kier alpha value is -3.01. The maximum absolute atomic E-state index is 14.5. The summed E-state index contributed by atoms with van der Waals surface area (Å²) >= 11 is 0. The highest BCUT2D eigenvalue weighted by molar-refractivity contribution is 7.89. The fourth-order valence-corrected chi connectivity index (χ4v) is 4.85. The molecule has 0 radical (unpaired) electrons. The number of rotatable bonds is 8. The molecular formula is C25H31FN4O3S. The van der Waals surface area contributed by atoms with E-state index in [1.807, 2.05) is 31.4 Å². The predicted molar refractivity (Wildman–Crippen MR) is 134 cm³/mol. The van der Waals surface area contributed by atoms with Crippen LogP contribution in [0.15, 0.2) is 59.3 Å². The van der Waals surface area contributed by atoms with Crippen molar-refractivity contribution in [2.24, 2.45) is 5.73 Å². The van der Waals surface area contributed by atoms with E-state index in [4.69, 9.17) is 5.73 Å². The fourth-order valence-electron chi connectivity index (χ4n) is 3.90. The van der Waals surface area contributed by atoms with Crippen LogP contribution >= 0.6 is 0 Å². The SMILES string of the molecule is Cc1c(-c2cccc(S(=O)(=O)N(C)C)c2)c2cc(C(=O)NC(C)C)ccc2n1C/C(F)=C/CN. The van der Waals surface area contributed by atoms with Crippen molar-refractivity contribution in [2.75, 3.05) is 20.6 Å². The Balaban J connectivity index is 2.29. The number of fused-ring (bicyclic) bond motifs is 1. The van der Waals surface area contributed by atoms with Gasteiger partial charge < -0.3 is 15.6 Å². The first-order valence-electron chi connectivity index (χ1n) is 11.0. The second kappa shape index (κ2) is 10.1. The highest BCUT2D eigenvalue weighted by Gasteiger charge is 2.22. The fraction of sp³-hybridized carbons (Fsp3) is 0.320. The van der Waals surface area contributed by atoms with Crippen LogP contribution in [0.5, 0.6) is 0 Å². The minimum absolute atomic E-state index is 0.0211. The van der Waals surface area contributed by atoms with Crippen LogP contribution in [0.3, 0.4) is 0 Å².